The first kappa shape index (κ1) is 24.4. The molecule has 37 heavy (non-hydrogen) atoms. The molecule has 0 atom stereocenters. The molecule has 2 aromatic heterocycles. The standard InChI is InChI=1S/C30H26ClN3O3/c31-25-10-6-9-22(15-25)20-37-33-18-24-19-34(14-13-23-17-32-28-12-5-4-11-26(23)28)30(36)27(29(24)35)16-21-7-2-1-3-8-21/h1-12,15,17-19,32,35H,13-14,16,20H2. The van der Waals surface area contributed by atoms with Crippen LogP contribution in [0.5, 0.6) is 5.75 Å². The molecule has 0 bridgehead atoms. The van der Waals surface area contributed by atoms with E-state index in [0.717, 1.165) is 27.6 Å². The first-order valence-electron chi connectivity index (χ1n) is 12.0. The molecule has 0 radical (unpaired) electrons. The predicted molar refractivity (Wildman–Crippen MR) is 147 cm³/mol. The fourth-order valence-electron chi connectivity index (χ4n) is 4.37. The molecule has 0 spiro atoms. The lowest BCUT2D eigenvalue weighted by Gasteiger charge is -2.13. The normalized spacial score (nSPS) is 11.4. The molecule has 6 nitrogen and oxygen atoms in total. The molecule has 0 saturated carbocycles. The van der Waals surface area contributed by atoms with E-state index in [-0.39, 0.29) is 17.9 Å². The number of para-hydroxylation sites is 1. The number of aromatic nitrogens is 2. The number of halogens is 1. The Morgan fingerprint density at radius 1 is 1.00 bits per heavy atom. The van der Waals surface area contributed by atoms with Crippen LogP contribution in [0.25, 0.3) is 10.9 Å². The summed E-state index contributed by atoms with van der Waals surface area (Å²) in [6.07, 6.45) is 6.02. The summed E-state index contributed by atoms with van der Waals surface area (Å²) in [7, 11) is 0. The maximum Gasteiger partial charge on any atom is 0.257 e. The molecule has 186 valence electrons. The molecule has 0 aliphatic rings. The van der Waals surface area contributed by atoms with Crippen LogP contribution < -0.4 is 5.56 Å². The summed E-state index contributed by atoms with van der Waals surface area (Å²) in [6, 6.07) is 25.0. The van der Waals surface area contributed by atoms with Gasteiger partial charge in [-0.25, -0.2) is 0 Å². The summed E-state index contributed by atoms with van der Waals surface area (Å²) >= 11 is 6.03. The molecular formula is C30H26ClN3O3. The van der Waals surface area contributed by atoms with Crippen LogP contribution in [0.4, 0.5) is 0 Å². The molecule has 2 N–H and O–H groups in total. The minimum atomic E-state index is -0.224. The summed E-state index contributed by atoms with van der Waals surface area (Å²) in [5.41, 5.74) is 4.51. The first-order chi connectivity index (χ1) is 18.1. The Morgan fingerprint density at radius 2 is 1.78 bits per heavy atom. The van der Waals surface area contributed by atoms with Gasteiger partial charge in [-0.05, 0) is 41.3 Å². The summed E-state index contributed by atoms with van der Waals surface area (Å²) in [5, 5.41) is 16.8. The van der Waals surface area contributed by atoms with E-state index in [1.54, 1.807) is 22.9 Å². The van der Waals surface area contributed by atoms with E-state index < -0.39 is 0 Å². The lowest BCUT2D eigenvalue weighted by atomic mass is 10.0. The maximum absolute atomic E-state index is 13.4. The van der Waals surface area contributed by atoms with Crippen LogP contribution in [0.3, 0.4) is 0 Å². The van der Waals surface area contributed by atoms with Crippen molar-refractivity contribution in [2.75, 3.05) is 0 Å². The highest BCUT2D eigenvalue weighted by molar-refractivity contribution is 6.30. The number of fused-ring (bicyclic) bond motifs is 1. The molecule has 3 aromatic carbocycles. The SMILES string of the molecule is O=c1c(Cc2ccccc2)c(O)c(C=NOCc2cccc(Cl)c2)cn1CCc1c[nH]c2ccccc12. The van der Waals surface area contributed by atoms with E-state index in [1.165, 1.54) is 6.21 Å². The Balaban J connectivity index is 1.42. The van der Waals surface area contributed by atoms with Crippen molar-refractivity contribution in [1.82, 2.24) is 9.55 Å². The highest BCUT2D eigenvalue weighted by atomic mass is 35.5. The number of hydrogen-bond acceptors (Lipinski definition) is 4. The number of aromatic amines is 1. The Hall–Kier alpha value is -4.29. The number of aromatic hydroxyl groups is 1. The van der Waals surface area contributed by atoms with Crippen molar-refractivity contribution >= 4 is 28.7 Å². The Labute approximate surface area is 219 Å². The Bertz CT molecular complexity index is 1610. The van der Waals surface area contributed by atoms with Crippen molar-refractivity contribution in [1.29, 1.82) is 0 Å². The lowest BCUT2D eigenvalue weighted by Crippen LogP contribution is -2.25. The number of H-pyrrole nitrogens is 1. The monoisotopic (exact) mass is 511 g/mol. The lowest BCUT2D eigenvalue weighted by molar-refractivity contribution is 0.132. The van der Waals surface area contributed by atoms with Gasteiger partial charge in [0, 0.05) is 41.3 Å². The quantitative estimate of drug-likeness (QED) is 0.186. The van der Waals surface area contributed by atoms with Gasteiger partial charge in [0.2, 0.25) is 0 Å². The van der Waals surface area contributed by atoms with Gasteiger partial charge in [0.05, 0.1) is 17.3 Å². The largest absolute Gasteiger partial charge is 0.507 e. The molecule has 0 saturated heterocycles. The van der Waals surface area contributed by atoms with E-state index in [9.17, 15) is 9.90 Å². The maximum atomic E-state index is 13.4. The molecule has 0 fully saturated rings. The number of benzene rings is 3. The molecule has 5 rings (SSSR count). The van der Waals surface area contributed by atoms with Gasteiger partial charge in [0.25, 0.3) is 5.56 Å². The van der Waals surface area contributed by atoms with Crippen LogP contribution >= 0.6 is 11.6 Å². The van der Waals surface area contributed by atoms with Crippen LogP contribution in [0.15, 0.2) is 101 Å². The van der Waals surface area contributed by atoms with E-state index in [2.05, 4.69) is 16.2 Å². The number of aryl methyl sites for hydroxylation is 2. The number of rotatable bonds is 9. The summed E-state index contributed by atoms with van der Waals surface area (Å²) < 4.78 is 1.64. The summed E-state index contributed by atoms with van der Waals surface area (Å²) in [6.45, 7) is 0.682. The molecule has 0 unspecified atom stereocenters. The molecule has 2 heterocycles. The zero-order valence-corrected chi connectivity index (χ0v) is 20.9. The van der Waals surface area contributed by atoms with Gasteiger partial charge in [-0.3, -0.25) is 4.79 Å². The molecule has 7 heteroatoms. The van der Waals surface area contributed by atoms with Crippen molar-refractivity contribution in [3.05, 3.63) is 134 Å². The number of pyridine rings is 1. The second-order valence-electron chi connectivity index (χ2n) is 8.82. The predicted octanol–water partition coefficient (Wildman–Crippen LogP) is 6.07. The number of nitrogens with zero attached hydrogens (tertiary/aromatic N) is 2. The third-order valence-corrected chi connectivity index (χ3v) is 6.52. The van der Waals surface area contributed by atoms with Gasteiger partial charge >= 0.3 is 0 Å². The zero-order valence-electron chi connectivity index (χ0n) is 20.1. The van der Waals surface area contributed by atoms with Crippen LogP contribution in [0, 0.1) is 0 Å². The van der Waals surface area contributed by atoms with Crippen molar-refractivity contribution in [2.24, 2.45) is 5.16 Å². The highest BCUT2D eigenvalue weighted by Crippen LogP contribution is 2.23. The summed E-state index contributed by atoms with van der Waals surface area (Å²) in [4.78, 5) is 22.1. The average Bonchev–Trinajstić information content (AvgIpc) is 3.33. The second-order valence-corrected chi connectivity index (χ2v) is 9.26. The smallest absolute Gasteiger partial charge is 0.257 e. The molecular weight excluding hydrogens is 486 g/mol. The van der Waals surface area contributed by atoms with Crippen molar-refractivity contribution in [3.63, 3.8) is 0 Å². The van der Waals surface area contributed by atoms with Crippen molar-refractivity contribution in [2.45, 2.75) is 26.0 Å². The van der Waals surface area contributed by atoms with E-state index in [4.69, 9.17) is 16.4 Å². The highest BCUT2D eigenvalue weighted by Gasteiger charge is 2.16. The third-order valence-electron chi connectivity index (χ3n) is 6.28. The zero-order chi connectivity index (χ0) is 25.6. The Morgan fingerprint density at radius 3 is 2.62 bits per heavy atom. The van der Waals surface area contributed by atoms with Crippen molar-refractivity contribution < 1.29 is 9.94 Å². The van der Waals surface area contributed by atoms with Crippen LogP contribution in [0.1, 0.15) is 27.8 Å². The molecule has 0 aliphatic carbocycles. The topological polar surface area (TPSA) is 79.6 Å². The van der Waals surface area contributed by atoms with Crippen LogP contribution in [-0.4, -0.2) is 20.9 Å². The molecule has 5 aromatic rings. The van der Waals surface area contributed by atoms with Gasteiger partial charge in [-0.2, -0.15) is 0 Å². The van der Waals surface area contributed by atoms with Crippen molar-refractivity contribution in [3.8, 4) is 5.75 Å². The average molecular weight is 512 g/mol. The second kappa shape index (κ2) is 11.2. The van der Waals surface area contributed by atoms with Gasteiger partial charge < -0.3 is 19.5 Å². The van der Waals surface area contributed by atoms with Crippen LogP contribution in [-0.2, 0) is 30.8 Å². The number of oxime groups is 1. The minimum absolute atomic E-state index is 0.0905. The van der Waals surface area contributed by atoms with Gasteiger partial charge in [0.15, 0.2) is 0 Å². The van der Waals surface area contributed by atoms with Gasteiger partial charge in [-0.15, -0.1) is 0 Å². The fraction of sp³-hybridized carbons (Fsp3) is 0.133. The van der Waals surface area contributed by atoms with Crippen LogP contribution in [0.2, 0.25) is 5.02 Å². The van der Waals surface area contributed by atoms with Gasteiger partial charge in [-0.1, -0.05) is 77.4 Å². The fourth-order valence-corrected chi connectivity index (χ4v) is 4.58. The minimum Gasteiger partial charge on any atom is -0.507 e. The Kier molecular flexibility index (Phi) is 7.38. The first-order valence-corrected chi connectivity index (χ1v) is 12.4. The molecule has 0 amide bonds. The van der Waals surface area contributed by atoms with E-state index in [0.29, 0.717) is 35.5 Å². The third kappa shape index (κ3) is 5.76. The van der Waals surface area contributed by atoms with E-state index >= 15 is 0 Å². The van der Waals surface area contributed by atoms with Gasteiger partial charge in [0.1, 0.15) is 12.4 Å². The van der Waals surface area contributed by atoms with E-state index in [1.807, 2.05) is 66.9 Å². The molecule has 0 aliphatic heterocycles. The summed E-state index contributed by atoms with van der Waals surface area (Å²) in [5.74, 6) is -0.0905. The number of nitrogens with one attached hydrogen (secondary N) is 1. The number of hydrogen-bond donors (Lipinski definition) is 2.